The Balaban J connectivity index is 0.00000144. The minimum Gasteiger partial charge on any atom is -1.00 e. The van der Waals surface area contributed by atoms with E-state index in [1.807, 2.05) is 78.9 Å². The van der Waals surface area contributed by atoms with Crippen molar-refractivity contribution in [2.45, 2.75) is 0 Å². The summed E-state index contributed by atoms with van der Waals surface area (Å²) in [4.78, 5) is 12.4. The minimum absolute atomic E-state index is 0. The molecule has 0 atom stereocenters. The first-order valence-corrected chi connectivity index (χ1v) is 8.28. The normalized spacial score (nSPS) is 9.96. The maximum atomic E-state index is 12.4. The third-order valence-electron chi connectivity index (χ3n) is 3.17. The van der Waals surface area contributed by atoms with Gasteiger partial charge in [-0.25, -0.2) is 4.79 Å². The quantitative estimate of drug-likeness (QED) is 0.527. The van der Waals surface area contributed by atoms with Crippen molar-refractivity contribution in [3.8, 4) is 0 Å². The van der Waals surface area contributed by atoms with E-state index in [9.17, 15) is 4.79 Å². The van der Waals surface area contributed by atoms with E-state index in [-0.39, 0.29) is 37.0 Å². The van der Waals surface area contributed by atoms with Gasteiger partial charge in [0.05, 0.1) is 5.56 Å². The summed E-state index contributed by atoms with van der Waals surface area (Å²) in [5.74, 6) is -0.292. The van der Waals surface area contributed by atoms with Crippen molar-refractivity contribution in [3.05, 3.63) is 96.6 Å². The summed E-state index contributed by atoms with van der Waals surface area (Å²) >= 11 is 0. The minimum atomic E-state index is -1.16. The van der Waals surface area contributed by atoms with Crippen molar-refractivity contribution in [1.29, 1.82) is 0 Å². The van der Waals surface area contributed by atoms with Gasteiger partial charge in [-0.1, -0.05) is 78.9 Å². The van der Waals surface area contributed by atoms with Crippen molar-refractivity contribution in [2.75, 3.05) is 0 Å². The van der Waals surface area contributed by atoms with E-state index in [0.717, 1.165) is 10.6 Å². The van der Waals surface area contributed by atoms with Gasteiger partial charge in [0.1, 0.15) is 0 Å². The molecule has 110 valence electrons. The third-order valence-corrected chi connectivity index (χ3v) is 5.05. The van der Waals surface area contributed by atoms with Crippen molar-refractivity contribution >= 4 is 24.7 Å². The van der Waals surface area contributed by atoms with Crippen molar-refractivity contribution in [2.24, 2.45) is 0 Å². The summed E-state index contributed by atoms with van der Waals surface area (Å²) in [6.07, 6.45) is 0. The summed E-state index contributed by atoms with van der Waals surface area (Å²) in [6, 6.07) is 28.9. The zero-order valence-electron chi connectivity index (χ0n) is 13.9. The van der Waals surface area contributed by atoms with Crippen LogP contribution in [0.5, 0.6) is 0 Å². The zero-order chi connectivity index (χ0) is 15.2. The average Bonchev–Trinajstić information content (AvgIpc) is 2.62. The Hall–Kier alpha value is -1.44. The zero-order valence-corrected chi connectivity index (χ0v) is 15.8. The van der Waals surface area contributed by atoms with Crippen LogP contribution in [0.4, 0.5) is 0 Å². The summed E-state index contributed by atoms with van der Waals surface area (Å²) in [7, 11) is -1.16. The molecule has 4 heteroatoms. The second-order valence-electron chi connectivity index (χ2n) is 4.71. The second-order valence-corrected chi connectivity index (χ2v) is 6.51. The first-order valence-electron chi connectivity index (χ1n) is 7.02. The van der Waals surface area contributed by atoms with E-state index in [0.29, 0.717) is 5.56 Å². The van der Waals surface area contributed by atoms with Crippen LogP contribution >= 0.6 is 8.15 Å². The Morgan fingerprint density at radius 2 is 1.09 bits per heavy atom. The first-order chi connectivity index (χ1) is 10.8. The molecule has 3 rings (SSSR count). The van der Waals surface area contributed by atoms with Gasteiger partial charge in [-0.15, -0.1) is 0 Å². The molecule has 0 aliphatic carbocycles. The smallest absolute Gasteiger partial charge is 1.00 e. The van der Waals surface area contributed by atoms with Gasteiger partial charge in [0.2, 0.25) is 0 Å². The van der Waals surface area contributed by atoms with Crippen LogP contribution in [-0.4, -0.2) is 5.97 Å². The number of hydrogen-bond acceptors (Lipinski definition) is 2. The molecule has 0 saturated heterocycles. The average molecular weight is 330 g/mol. The fourth-order valence-electron chi connectivity index (χ4n) is 2.09. The number of benzene rings is 3. The maximum absolute atomic E-state index is 12.4. The Kier molecular flexibility index (Phi) is 7.01. The van der Waals surface area contributed by atoms with E-state index in [1.54, 1.807) is 12.1 Å². The van der Waals surface area contributed by atoms with E-state index >= 15 is 0 Å². The summed E-state index contributed by atoms with van der Waals surface area (Å²) in [6.45, 7) is 0. The molecule has 0 aliphatic heterocycles. The van der Waals surface area contributed by atoms with Crippen LogP contribution < -0.4 is 40.2 Å². The van der Waals surface area contributed by atoms with Gasteiger partial charge in [-0.2, -0.15) is 0 Å². The van der Waals surface area contributed by atoms with E-state index in [1.165, 1.54) is 0 Å². The van der Waals surface area contributed by atoms with Crippen LogP contribution in [0.15, 0.2) is 91.0 Å². The molecule has 0 radical (unpaired) electrons. The van der Waals surface area contributed by atoms with Gasteiger partial charge in [0.25, 0.3) is 0 Å². The summed E-state index contributed by atoms with van der Waals surface area (Å²) in [5.41, 5.74) is 0.571. The Morgan fingerprint density at radius 3 is 1.52 bits per heavy atom. The summed E-state index contributed by atoms with van der Waals surface area (Å²) in [5, 5.41) is 2.04. The van der Waals surface area contributed by atoms with Gasteiger partial charge in [0, 0.05) is 10.6 Å². The second kappa shape index (κ2) is 9.00. The third kappa shape index (κ3) is 4.76. The van der Waals surface area contributed by atoms with Crippen molar-refractivity contribution < 1.29 is 40.3 Å². The van der Waals surface area contributed by atoms with E-state index in [2.05, 4.69) is 0 Å². The van der Waals surface area contributed by atoms with Crippen LogP contribution in [0.2, 0.25) is 0 Å². The number of carbonyl (C=O) groups is 1. The van der Waals surface area contributed by atoms with Gasteiger partial charge in [0.15, 0.2) is 8.15 Å². The van der Waals surface area contributed by atoms with Gasteiger partial charge in [-0.05, 0) is 12.1 Å². The molecule has 0 unspecified atom stereocenters. The van der Waals surface area contributed by atoms with Crippen LogP contribution in [-0.2, 0) is 4.52 Å². The predicted molar refractivity (Wildman–Crippen MR) is 92.0 cm³/mol. The summed E-state index contributed by atoms with van der Waals surface area (Å²) < 4.78 is 5.83. The van der Waals surface area contributed by atoms with Crippen molar-refractivity contribution in [1.82, 2.24) is 0 Å². The SMILES string of the molecule is O=C(OP(c1ccccc1)c1ccccc1)c1ccccc1.[H-].[Na+]. The molecule has 0 saturated carbocycles. The Morgan fingerprint density at radius 1 is 0.696 bits per heavy atom. The topological polar surface area (TPSA) is 26.3 Å². The Bertz CT molecular complexity index is 700. The largest absolute Gasteiger partial charge is 1.00 e. The molecule has 0 spiro atoms. The first kappa shape index (κ1) is 17.9. The number of rotatable bonds is 4. The van der Waals surface area contributed by atoms with Gasteiger partial charge >= 0.3 is 35.5 Å². The fraction of sp³-hybridized carbons (Fsp3) is 0. The van der Waals surface area contributed by atoms with Crippen LogP contribution in [0.3, 0.4) is 0 Å². The molecule has 0 bridgehead atoms. The molecule has 3 aromatic carbocycles. The molecule has 2 nitrogen and oxygen atoms in total. The maximum Gasteiger partial charge on any atom is 1.00 e. The molecule has 0 amide bonds. The van der Waals surface area contributed by atoms with Crippen LogP contribution in [0, 0.1) is 0 Å². The Labute approximate surface area is 161 Å². The number of carbonyl (C=O) groups excluding carboxylic acids is 1. The van der Waals surface area contributed by atoms with Crippen molar-refractivity contribution in [3.63, 3.8) is 0 Å². The molecule has 23 heavy (non-hydrogen) atoms. The standard InChI is InChI=1S/C19H15O2P.Na.H/c20-19(16-10-4-1-5-11-16)21-22(17-12-6-2-7-13-17)18-14-8-3-9-15-18;;/h1-15H;;/q;+1;-1. The van der Waals surface area contributed by atoms with Gasteiger partial charge < -0.3 is 5.95 Å². The number of hydrogen-bond donors (Lipinski definition) is 0. The van der Waals surface area contributed by atoms with E-state index in [4.69, 9.17) is 4.52 Å². The molecule has 0 fully saturated rings. The molecule has 0 aliphatic rings. The van der Waals surface area contributed by atoms with Crippen LogP contribution in [0.25, 0.3) is 0 Å². The molecular formula is C19H16NaO2P. The molecule has 0 N–H and O–H groups in total. The van der Waals surface area contributed by atoms with E-state index < -0.39 is 8.15 Å². The molecule has 3 aromatic rings. The molecular weight excluding hydrogens is 314 g/mol. The molecule has 0 aromatic heterocycles. The molecule has 0 heterocycles. The van der Waals surface area contributed by atoms with Gasteiger partial charge in [-0.3, -0.25) is 0 Å². The monoisotopic (exact) mass is 330 g/mol. The predicted octanol–water partition coefficient (Wildman–Crippen LogP) is 1.01. The van der Waals surface area contributed by atoms with Crippen LogP contribution in [0.1, 0.15) is 11.8 Å². The fourth-order valence-corrected chi connectivity index (χ4v) is 3.76.